The molecule has 3 aromatic carbocycles. The summed E-state index contributed by atoms with van der Waals surface area (Å²) < 4.78 is 13.2. The van der Waals surface area contributed by atoms with E-state index in [0.29, 0.717) is 23.7 Å². The Morgan fingerprint density at radius 3 is 2.38 bits per heavy atom. The van der Waals surface area contributed by atoms with Crippen molar-refractivity contribution in [1.82, 2.24) is 10.2 Å². The maximum Gasteiger partial charge on any atom is 0.319 e. The third-order valence-electron chi connectivity index (χ3n) is 7.01. The number of urea groups is 1. The number of rotatable bonds is 9. The SMILES string of the molecule is CC(=O)c1cccc(NC(=O)NC[C@@](O)(CN2CCC(Cc3ccc(F)cc3)CC2)c2ccccc2)c1. The van der Waals surface area contributed by atoms with Crippen molar-refractivity contribution >= 4 is 17.5 Å². The second-order valence-electron chi connectivity index (χ2n) is 9.89. The van der Waals surface area contributed by atoms with Crippen molar-refractivity contribution in [2.24, 2.45) is 5.92 Å². The summed E-state index contributed by atoms with van der Waals surface area (Å²) in [4.78, 5) is 26.5. The number of Topliss-reactive ketones (excluding diaryl/α,β-unsaturated/α-hetero) is 1. The third-order valence-corrected chi connectivity index (χ3v) is 7.01. The van der Waals surface area contributed by atoms with Gasteiger partial charge in [0.05, 0.1) is 6.54 Å². The quantitative estimate of drug-likeness (QED) is 0.359. The molecule has 0 aromatic heterocycles. The smallest absolute Gasteiger partial charge is 0.319 e. The number of amides is 2. The van der Waals surface area contributed by atoms with Gasteiger partial charge in [0.1, 0.15) is 11.4 Å². The van der Waals surface area contributed by atoms with Crippen molar-refractivity contribution in [1.29, 1.82) is 0 Å². The van der Waals surface area contributed by atoms with Crippen LogP contribution in [0.4, 0.5) is 14.9 Å². The molecule has 1 fully saturated rings. The van der Waals surface area contributed by atoms with Crippen molar-refractivity contribution < 1.29 is 19.1 Å². The van der Waals surface area contributed by atoms with Crippen LogP contribution in [0.1, 0.15) is 41.3 Å². The van der Waals surface area contributed by atoms with Crippen LogP contribution in [0.25, 0.3) is 0 Å². The average Bonchev–Trinajstić information content (AvgIpc) is 2.91. The minimum absolute atomic E-state index is 0.0325. The predicted molar refractivity (Wildman–Crippen MR) is 143 cm³/mol. The molecule has 3 N–H and O–H groups in total. The molecule has 0 saturated carbocycles. The number of nitrogens with zero attached hydrogens (tertiary/aromatic N) is 1. The van der Waals surface area contributed by atoms with Crippen LogP contribution < -0.4 is 10.6 Å². The lowest BCUT2D eigenvalue weighted by molar-refractivity contribution is -0.00682. The largest absolute Gasteiger partial charge is 0.382 e. The fourth-order valence-electron chi connectivity index (χ4n) is 4.89. The number of ketones is 1. The number of carbonyl (C=O) groups is 2. The molecule has 1 aliphatic heterocycles. The first-order chi connectivity index (χ1) is 17.8. The number of aliphatic hydroxyl groups is 1. The summed E-state index contributed by atoms with van der Waals surface area (Å²) in [6, 6.07) is 22.4. The highest BCUT2D eigenvalue weighted by atomic mass is 19.1. The Bertz CT molecular complexity index is 1190. The lowest BCUT2D eigenvalue weighted by Crippen LogP contribution is -2.51. The molecule has 1 atom stereocenters. The Morgan fingerprint density at radius 2 is 1.70 bits per heavy atom. The first-order valence-corrected chi connectivity index (χ1v) is 12.7. The van der Waals surface area contributed by atoms with E-state index in [9.17, 15) is 19.1 Å². The van der Waals surface area contributed by atoms with Crippen LogP contribution in [0, 0.1) is 11.7 Å². The van der Waals surface area contributed by atoms with Gasteiger partial charge < -0.3 is 20.6 Å². The summed E-state index contributed by atoms with van der Waals surface area (Å²) in [7, 11) is 0. The van der Waals surface area contributed by atoms with Gasteiger partial charge in [-0.3, -0.25) is 4.79 Å². The molecule has 0 radical (unpaired) electrons. The van der Waals surface area contributed by atoms with Gasteiger partial charge in [0.15, 0.2) is 5.78 Å². The molecule has 4 rings (SSSR count). The highest BCUT2D eigenvalue weighted by Gasteiger charge is 2.33. The van der Waals surface area contributed by atoms with E-state index < -0.39 is 11.6 Å². The number of piperidine rings is 1. The highest BCUT2D eigenvalue weighted by Crippen LogP contribution is 2.27. The molecule has 0 unspecified atom stereocenters. The summed E-state index contributed by atoms with van der Waals surface area (Å²) in [6.07, 6.45) is 2.90. The van der Waals surface area contributed by atoms with E-state index in [2.05, 4.69) is 15.5 Å². The van der Waals surface area contributed by atoms with E-state index in [1.54, 1.807) is 24.3 Å². The number of benzene rings is 3. The molecular weight excluding hydrogens is 469 g/mol. The number of carbonyl (C=O) groups excluding carboxylic acids is 2. The maximum absolute atomic E-state index is 13.2. The number of β-amino-alcohol motifs (C(OH)–C–C–N with tert-alkyl or cyclic N) is 1. The Labute approximate surface area is 217 Å². The molecular formula is C30H34FN3O3. The minimum Gasteiger partial charge on any atom is -0.382 e. The van der Waals surface area contributed by atoms with Gasteiger partial charge in [0, 0.05) is 17.8 Å². The Kier molecular flexibility index (Phi) is 8.69. The van der Waals surface area contributed by atoms with Crippen LogP contribution >= 0.6 is 0 Å². The van der Waals surface area contributed by atoms with Crippen molar-refractivity contribution in [2.45, 2.75) is 31.8 Å². The fourth-order valence-corrected chi connectivity index (χ4v) is 4.89. The lowest BCUT2D eigenvalue weighted by atomic mass is 9.88. The minimum atomic E-state index is -1.27. The number of nitrogens with one attached hydrogen (secondary N) is 2. The summed E-state index contributed by atoms with van der Waals surface area (Å²) in [5.74, 6) is 0.218. The van der Waals surface area contributed by atoms with E-state index >= 15 is 0 Å². The van der Waals surface area contributed by atoms with Gasteiger partial charge in [-0.05, 0) is 80.6 Å². The van der Waals surface area contributed by atoms with Gasteiger partial charge in [0.2, 0.25) is 0 Å². The lowest BCUT2D eigenvalue weighted by Gasteiger charge is -2.38. The molecule has 2 amide bonds. The normalized spacial score (nSPS) is 16.1. The van der Waals surface area contributed by atoms with E-state index in [4.69, 9.17) is 0 Å². The zero-order valence-electron chi connectivity index (χ0n) is 21.1. The van der Waals surface area contributed by atoms with E-state index in [-0.39, 0.29) is 18.1 Å². The van der Waals surface area contributed by atoms with E-state index in [1.165, 1.54) is 19.1 Å². The molecule has 7 heteroatoms. The van der Waals surface area contributed by atoms with Gasteiger partial charge in [-0.1, -0.05) is 54.6 Å². The van der Waals surface area contributed by atoms with Crippen LogP contribution in [-0.2, 0) is 12.0 Å². The standard InChI is InChI=1S/C30H34FN3O3/c1-22(35)25-6-5-9-28(19-25)33-29(36)32-20-30(37,26-7-3-2-4-8-26)21-34-16-14-24(15-17-34)18-23-10-12-27(31)13-11-23/h2-13,19,24,37H,14-18,20-21H2,1H3,(H2,32,33,36)/t30-/m1/s1. The summed E-state index contributed by atoms with van der Waals surface area (Å²) >= 11 is 0. The summed E-state index contributed by atoms with van der Waals surface area (Å²) in [5.41, 5.74) is 1.63. The average molecular weight is 504 g/mol. The Balaban J connectivity index is 1.35. The van der Waals surface area contributed by atoms with Crippen LogP contribution in [0.5, 0.6) is 0 Å². The maximum atomic E-state index is 13.2. The molecule has 1 aliphatic rings. The molecule has 3 aromatic rings. The second-order valence-corrected chi connectivity index (χ2v) is 9.89. The van der Waals surface area contributed by atoms with Crippen molar-refractivity contribution in [3.05, 3.63) is 101 Å². The van der Waals surface area contributed by atoms with Gasteiger partial charge in [0.25, 0.3) is 0 Å². The fraction of sp³-hybridized carbons (Fsp3) is 0.333. The predicted octanol–water partition coefficient (Wildman–Crippen LogP) is 4.99. The zero-order valence-corrected chi connectivity index (χ0v) is 21.1. The molecule has 1 saturated heterocycles. The number of hydrogen-bond donors (Lipinski definition) is 3. The number of likely N-dealkylation sites (tertiary alicyclic amines) is 1. The number of halogens is 1. The second kappa shape index (κ2) is 12.1. The molecule has 0 aliphatic carbocycles. The van der Waals surface area contributed by atoms with E-state index in [0.717, 1.165) is 43.5 Å². The number of anilines is 1. The van der Waals surface area contributed by atoms with Gasteiger partial charge in [-0.15, -0.1) is 0 Å². The monoisotopic (exact) mass is 503 g/mol. The van der Waals surface area contributed by atoms with Gasteiger partial charge in [-0.25, -0.2) is 9.18 Å². The van der Waals surface area contributed by atoms with Crippen LogP contribution in [0.3, 0.4) is 0 Å². The van der Waals surface area contributed by atoms with Crippen LogP contribution in [0.15, 0.2) is 78.9 Å². The molecule has 1 heterocycles. The molecule has 194 valence electrons. The zero-order chi connectivity index (χ0) is 26.3. The van der Waals surface area contributed by atoms with Gasteiger partial charge in [-0.2, -0.15) is 0 Å². The van der Waals surface area contributed by atoms with Crippen LogP contribution in [0.2, 0.25) is 0 Å². The highest BCUT2D eigenvalue weighted by molar-refractivity contribution is 5.96. The summed E-state index contributed by atoms with van der Waals surface area (Å²) in [6.45, 7) is 3.58. The van der Waals surface area contributed by atoms with Crippen molar-refractivity contribution in [2.75, 3.05) is 31.5 Å². The van der Waals surface area contributed by atoms with Crippen molar-refractivity contribution in [3.63, 3.8) is 0 Å². The molecule has 6 nitrogen and oxygen atoms in total. The Morgan fingerprint density at radius 1 is 1.00 bits per heavy atom. The molecule has 37 heavy (non-hydrogen) atoms. The topological polar surface area (TPSA) is 81.7 Å². The molecule has 0 spiro atoms. The third kappa shape index (κ3) is 7.47. The van der Waals surface area contributed by atoms with Crippen molar-refractivity contribution in [3.8, 4) is 0 Å². The molecule has 0 bridgehead atoms. The Hall–Kier alpha value is -3.55. The summed E-state index contributed by atoms with van der Waals surface area (Å²) in [5, 5.41) is 17.3. The first-order valence-electron chi connectivity index (χ1n) is 12.7. The van der Waals surface area contributed by atoms with Crippen LogP contribution in [-0.4, -0.2) is 48.0 Å². The number of hydrogen-bond acceptors (Lipinski definition) is 4. The van der Waals surface area contributed by atoms with Gasteiger partial charge >= 0.3 is 6.03 Å². The van der Waals surface area contributed by atoms with E-state index in [1.807, 2.05) is 42.5 Å². The first kappa shape index (κ1) is 26.5.